The van der Waals surface area contributed by atoms with Crippen LogP contribution in [0.3, 0.4) is 0 Å². The van der Waals surface area contributed by atoms with E-state index in [1.807, 2.05) is 0 Å². The van der Waals surface area contributed by atoms with Gasteiger partial charge in [-0.25, -0.2) is 0 Å². The molecule has 2 heterocycles. The molecule has 0 aromatic heterocycles. The topological polar surface area (TPSA) is 15.7 Å². The van der Waals surface area contributed by atoms with E-state index >= 15 is 0 Å². The van der Waals surface area contributed by atoms with Crippen molar-refractivity contribution in [2.75, 3.05) is 9.80 Å². The van der Waals surface area contributed by atoms with E-state index in [-0.39, 0.29) is 5.41 Å². The van der Waals surface area contributed by atoms with Crippen LogP contribution < -0.4 is 14.5 Å². The van der Waals surface area contributed by atoms with E-state index in [9.17, 15) is 0 Å². The molecule has 248 valence electrons. The van der Waals surface area contributed by atoms with Crippen molar-refractivity contribution in [3.8, 4) is 33.8 Å². The van der Waals surface area contributed by atoms with Gasteiger partial charge in [0.15, 0.2) is 11.5 Å². The lowest BCUT2D eigenvalue weighted by Crippen LogP contribution is -2.32. The van der Waals surface area contributed by atoms with Crippen LogP contribution in [0.4, 0.5) is 34.1 Å². The first-order chi connectivity index (χ1) is 25.5. The molecule has 0 N–H and O–H groups in total. The second-order valence-corrected chi connectivity index (χ2v) is 14.2. The molecule has 2 aliphatic rings. The second-order valence-electron chi connectivity index (χ2n) is 14.2. The lowest BCUT2D eigenvalue weighted by Gasteiger charge is -2.45. The van der Waals surface area contributed by atoms with Crippen LogP contribution >= 0.6 is 0 Å². The molecular weight excluding hydrogens is 633 g/mol. The number of nitrogens with zero attached hydrogens (tertiary/aromatic N) is 2. The van der Waals surface area contributed by atoms with E-state index in [2.05, 4.69) is 206 Å². The Kier molecular flexibility index (Phi) is 6.84. The monoisotopic (exact) mass is 668 g/mol. The SMILES string of the molecule is CC1(C)c2ccc(-c3ccc(N(c4ccccc4)c4ccc(-c5ccccc5)cc4)cc3)cc2N2c3c(cccc31)Oc1ccc3ccccc3c12. The fourth-order valence-corrected chi connectivity index (χ4v) is 8.19. The molecule has 0 bridgehead atoms. The van der Waals surface area contributed by atoms with E-state index < -0.39 is 0 Å². The molecule has 0 radical (unpaired) electrons. The second kappa shape index (κ2) is 11.8. The fraction of sp³-hybridized carbons (Fsp3) is 0.0612. The Morgan fingerprint density at radius 1 is 0.442 bits per heavy atom. The summed E-state index contributed by atoms with van der Waals surface area (Å²) in [6.07, 6.45) is 0. The highest BCUT2D eigenvalue weighted by Crippen LogP contribution is 2.61. The summed E-state index contributed by atoms with van der Waals surface area (Å²) in [7, 11) is 0. The Balaban J connectivity index is 1.07. The summed E-state index contributed by atoms with van der Waals surface area (Å²) in [4.78, 5) is 4.78. The van der Waals surface area contributed by atoms with E-state index in [4.69, 9.17) is 4.74 Å². The summed E-state index contributed by atoms with van der Waals surface area (Å²) in [6.45, 7) is 4.66. The van der Waals surface area contributed by atoms with E-state index in [0.29, 0.717) is 0 Å². The maximum absolute atomic E-state index is 6.65. The third-order valence-electron chi connectivity index (χ3n) is 10.8. The minimum absolute atomic E-state index is 0.211. The molecule has 0 saturated heterocycles. The molecule has 0 spiro atoms. The number of hydrogen-bond acceptors (Lipinski definition) is 3. The van der Waals surface area contributed by atoms with E-state index in [0.717, 1.165) is 39.9 Å². The molecule has 2 aliphatic heterocycles. The van der Waals surface area contributed by atoms with E-state index in [1.165, 1.54) is 49.8 Å². The summed E-state index contributed by atoms with van der Waals surface area (Å²) >= 11 is 0. The van der Waals surface area contributed by atoms with Crippen molar-refractivity contribution >= 4 is 44.9 Å². The van der Waals surface area contributed by atoms with Gasteiger partial charge in [-0.15, -0.1) is 0 Å². The van der Waals surface area contributed by atoms with E-state index in [1.54, 1.807) is 0 Å². The van der Waals surface area contributed by atoms with Gasteiger partial charge in [0.2, 0.25) is 0 Å². The van der Waals surface area contributed by atoms with Gasteiger partial charge in [-0.05, 0) is 93.4 Å². The van der Waals surface area contributed by atoms with Gasteiger partial charge in [0.1, 0.15) is 0 Å². The summed E-state index contributed by atoms with van der Waals surface area (Å²) in [6, 6.07) is 65.3. The van der Waals surface area contributed by atoms with Crippen LogP contribution in [0.1, 0.15) is 25.0 Å². The number of fused-ring (bicyclic) bond motifs is 6. The van der Waals surface area contributed by atoms with Crippen LogP contribution in [0, 0.1) is 0 Å². The van der Waals surface area contributed by atoms with Crippen molar-refractivity contribution in [2.45, 2.75) is 19.3 Å². The van der Waals surface area contributed by atoms with Crippen LogP contribution in [-0.4, -0.2) is 0 Å². The molecule has 10 rings (SSSR count). The van der Waals surface area contributed by atoms with Gasteiger partial charge in [-0.1, -0.05) is 141 Å². The normalized spacial score (nSPS) is 13.5. The van der Waals surface area contributed by atoms with Gasteiger partial charge in [0.25, 0.3) is 0 Å². The molecule has 0 unspecified atom stereocenters. The quantitative estimate of drug-likeness (QED) is 0.182. The highest BCUT2D eigenvalue weighted by molar-refractivity contribution is 6.06. The minimum Gasteiger partial charge on any atom is -0.453 e. The summed E-state index contributed by atoms with van der Waals surface area (Å²) in [5.74, 6) is 1.77. The Morgan fingerprint density at radius 2 is 1.02 bits per heavy atom. The number of hydrogen-bond donors (Lipinski definition) is 0. The molecule has 0 amide bonds. The van der Waals surface area contributed by atoms with Crippen LogP contribution in [0.25, 0.3) is 33.0 Å². The van der Waals surface area contributed by atoms with Crippen LogP contribution in [-0.2, 0) is 5.41 Å². The lowest BCUT2D eigenvalue weighted by atomic mass is 9.72. The first-order valence-electron chi connectivity index (χ1n) is 17.9. The third-order valence-corrected chi connectivity index (χ3v) is 10.8. The number of para-hydroxylation sites is 2. The first kappa shape index (κ1) is 30.3. The van der Waals surface area contributed by atoms with Gasteiger partial charge in [-0.3, -0.25) is 0 Å². The van der Waals surface area contributed by atoms with Gasteiger partial charge in [-0.2, -0.15) is 0 Å². The van der Waals surface area contributed by atoms with Gasteiger partial charge < -0.3 is 14.5 Å². The highest BCUT2D eigenvalue weighted by Gasteiger charge is 2.42. The molecule has 8 aromatic rings. The average Bonchev–Trinajstić information content (AvgIpc) is 3.20. The zero-order valence-electron chi connectivity index (χ0n) is 29.1. The summed E-state index contributed by atoms with van der Waals surface area (Å²) in [5.41, 5.74) is 13.9. The molecule has 3 nitrogen and oxygen atoms in total. The fourth-order valence-electron chi connectivity index (χ4n) is 8.19. The maximum Gasteiger partial charge on any atom is 0.152 e. The number of benzene rings is 8. The molecule has 3 heteroatoms. The molecule has 0 saturated carbocycles. The van der Waals surface area contributed by atoms with Crippen molar-refractivity contribution in [1.29, 1.82) is 0 Å². The Morgan fingerprint density at radius 3 is 1.75 bits per heavy atom. The van der Waals surface area contributed by atoms with Crippen molar-refractivity contribution in [1.82, 2.24) is 0 Å². The number of ether oxygens (including phenoxy) is 1. The van der Waals surface area contributed by atoms with Crippen LogP contribution in [0.15, 0.2) is 182 Å². The third kappa shape index (κ3) is 4.74. The molecule has 0 atom stereocenters. The Hall–Kier alpha value is -6.58. The number of anilines is 6. The predicted molar refractivity (Wildman–Crippen MR) is 216 cm³/mol. The predicted octanol–water partition coefficient (Wildman–Crippen LogP) is 13.9. The molecule has 0 fully saturated rings. The van der Waals surface area contributed by atoms with Crippen LogP contribution in [0.2, 0.25) is 0 Å². The maximum atomic E-state index is 6.65. The van der Waals surface area contributed by atoms with Gasteiger partial charge >= 0.3 is 0 Å². The number of rotatable bonds is 5. The van der Waals surface area contributed by atoms with Crippen molar-refractivity contribution < 1.29 is 4.74 Å². The van der Waals surface area contributed by atoms with Crippen molar-refractivity contribution in [3.05, 3.63) is 193 Å². The Bertz CT molecular complexity index is 2610. The standard InChI is InChI=1S/C49H36N2O/c1-49(2)42-30-24-37(32-44(42)51-47-41-17-10-9-14-36(41)25-31-46(47)52-45-19-11-18-43(49)48(45)51)35-22-28-40(29-23-35)50(38-15-7-4-8-16-38)39-26-20-34(21-27-39)33-12-5-3-6-13-33/h3-32H,1-2H3. The van der Waals surface area contributed by atoms with Gasteiger partial charge in [0, 0.05) is 27.9 Å². The van der Waals surface area contributed by atoms with Crippen molar-refractivity contribution in [3.63, 3.8) is 0 Å². The summed E-state index contributed by atoms with van der Waals surface area (Å²) in [5, 5.41) is 2.38. The average molecular weight is 669 g/mol. The molecule has 8 aromatic carbocycles. The lowest BCUT2D eigenvalue weighted by molar-refractivity contribution is 0.472. The van der Waals surface area contributed by atoms with Gasteiger partial charge in [0.05, 0.1) is 17.1 Å². The molecular formula is C49H36N2O. The highest BCUT2D eigenvalue weighted by atomic mass is 16.5. The first-order valence-corrected chi connectivity index (χ1v) is 17.9. The minimum atomic E-state index is -0.211. The molecule has 52 heavy (non-hydrogen) atoms. The smallest absolute Gasteiger partial charge is 0.152 e. The summed E-state index contributed by atoms with van der Waals surface area (Å²) < 4.78 is 6.65. The Labute approximate surface area is 304 Å². The zero-order chi connectivity index (χ0) is 34.8. The molecule has 0 aliphatic carbocycles. The van der Waals surface area contributed by atoms with Crippen molar-refractivity contribution in [2.24, 2.45) is 0 Å². The largest absolute Gasteiger partial charge is 0.453 e. The zero-order valence-corrected chi connectivity index (χ0v) is 29.1. The van der Waals surface area contributed by atoms with Crippen LogP contribution in [0.5, 0.6) is 11.5 Å².